The van der Waals surface area contributed by atoms with Crippen molar-refractivity contribution in [3.8, 4) is 0 Å². The third-order valence-electron chi connectivity index (χ3n) is 2.93. The molecule has 20 heavy (non-hydrogen) atoms. The lowest BCUT2D eigenvalue weighted by atomic mass is 10.1. The molecule has 2 nitrogen and oxygen atoms in total. The number of nitrogens with zero attached hydrogens (tertiary/aromatic N) is 2. The maximum atomic E-state index is 4.08. The van der Waals surface area contributed by atoms with Gasteiger partial charge >= 0.3 is 0 Å². The number of hydrogen-bond acceptors (Lipinski definition) is 1. The third kappa shape index (κ3) is 15.3. The van der Waals surface area contributed by atoms with Crippen molar-refractivity contribution in [1.82, 2.24) is 9.55 Å². The summed E-state index contributed by atoms with van der Waals surface area (Å²) in [6.45, 7) is 16.6. The average molecular weight is 285 g/mol. The van der Waals surface area contributed by atoms with Gasteiger partial charge in [-0.25, -0.2) is 4.98 Å². The zero-order chi connectivity index (χ0) is 16.4. The van der Waals surface area contributed by atoms with E-state index >= 15 is 0 Å². The van der Waals surface area contributed by atoms with Crippen LogP contribution in [0.25, 0.3) is 0 Å². The van der Waals surface area contributed by atoms with Crippen LogP contribution in [0.3, 0.4) is 0 Å². The smallest absolute Gasteiger partial charge is 0.0948 e. The van der Waals surface area contributed by atoms with Crippen LogP contribution in [0.4, 0.5) is 0 Å². The van der Waals surface area contributed by atoms with Crippen molar-refractivity contribution in [2.75, 3.05) is 0 Å². The summed E-state index contributed by atoms with van der Waals surface area (Å²) in [5.74, 6) is 0. The van der Waals surface area contributed by atoms with Crippen LogP contribution in [0.1, 0.15) is 91.5 Å². The molecule has 0 aliphatic rings. The van der Waals surface area contributed by atoms with E-state index in [0.29, 0.717) is 0 Å². The van der Waals surface area contributed by atoms with Crippen LogP contribution in [0, 0.1) is 13.8 Å². The standard InChI is InChI=1S/C8H18.C6H10N2.2C2H6/c1-3-5-7-8-6-4-2;1-5-6(2)8(3)4-7-5;2*1-2/h3-8H2,1-2H3;4H,1-3H3;2*1-2H3. The van der Waals surface area contributed by atoms with Crippen LogP contribution < -0.4 is 0 Å². The topological polar surface area (TPSA) is 17.8 Å². The lowest BCUT2D eigenvalue weighted by molar-refractivity contribution is 0.624. The summed E-state index contributed by atoms with van der Waals surface area (Å²) in [5, 5.41) is 0. The van der Waals surface area contributed by atoms with E-state index in [2.05, 4.69) is 25.8 Å². The zero-order valence-corrected chi connectivity index (χ0v) is 15.7. The molecule has 0 aromatic carbocycles. The van der Waals surface area contributed by atoms with Gasteiger partial charge in [-0.3, -0.25) is 0 Å². The second-order valence-corrected chi connectivity index (χ2v) is 4.44. The highest BCUT2D eigenvalue weighted by molar-refractivity contribution is 5.07. The highest BCUT2D eigenvalue weighted by atomic mass is 15.0. The third-order valence-corrected chi connectivity index (χ3v) is 2.93. The molecule has 0 unspecified atom stereocenters. The van der Waals surface area contributed by atoms with E-state index in [4.69, 9.17) is 0 Å². The van der Waals surface area contributed by atoms with Gasteiger partial charge in [-0.1, -0.05) is 80.1 Å². The van der Waals surface area contributed by atoms with E-state index in [9.17, 15) is 0 Å². The first-order valence-electron chi connectivity index (χ1n) is 8.58. The lowest BCUT2D eigenvalue weighted by Gasteiger charge is -1.93. The summed E-state index contributed by atoms with van der Waals surface area (Å²) in [5.41, 5.74) is 2.36. The van der Waals surface area contributed by atoms with Crippen LogP contribution in [-0.4, -0.2) is 9.55 Å². The number of imidazole rings is 1. The average Bonchev–Trinajstić information content (AvgIpc) is 2.80. The Hall–Kier alpha value is -0.790. The van der Waals surface area contributed by atoms with Crippen LogP contribution >= 0.6 is 0 Å². The quantitative estimate of drug-likeness (QED) is 0.568. The molecule has 0 spiro atoms. The van der Waals surface area contributed by atoms with Gasteiger partial charge < -0.3 is 4.57 Å². The molecular weight excluding hydrogens is 244 g/mol. The van der Waals surface area contributed by atoms with Crippen molar-refractivity contribution in [3.63, 3.8) is 0 Å². The van der Waals surface area contributed by atoms with E-state index in [0.717, 1.165) is 5.69 Å². The Morgan fingerprint density at radius 1 is 0.850 bits per heavy atom. The number of unbranched alkanes of at least 4 members (excludes halogenated alkanes) is 5. The SMILES string of the molecule is CC.CC.CCCCCCCC.Cc1ncn(C)c1C. The highest BCUT2D eigenvalue weighted by Crippen LogP contribution is 2.03. The Morgan fingerprint density at radius 3 is 1.40 bits per heavy atom. The fraction of sp³-hybridized carbons (Fsp3) is 0.833. The Labute approximate surface area is 129 Å². The van der Waals surface area contributed by atoms with Gasteiger partial charge in [0.15, 0.2) is 0 Å². The van der Waals surface area contributed by atoms with Crippen LogP contribution in [0.5, 0.6) is 0 Å². The van der Waals surface area contributed by atoms with Crippen molar-refractivity contribution in [2.45, 2.75) is 93.9 Å². The summed E-state index contributed by atoms with van der Waals surface area (Å²) in [6.07, 6.45) is 10.3. The van der Waals surface area contributed by atoms with Crippen LogP contribution in [0.15, 0.2) is 6.33 Å². The van der Waals surface area contributed by atoms with E-state index in [1.807, 2.05) is 52.6 Å². The molecule has 0 radical (unpaired) electrons. The number of rotatable bonds is 5. The molecule has 122 valence electrons. The monoisotopic (exact) mass is 284 g/mol. The Bertz CT molecular complexity index is 239. The predicted octanol–water partition coefficient (Wildman–Crippen LogP) is 6.46. The fourth-order valence-corrected chi connectivity index (χ4v) is 1.46. The largest absolute Gasteiger partial charge is 0.338 e. The molecule has 2 heteroatoms. The molecule has 0 aliphatic carbocycles. The van der Waals surface area contributed by atoms with E-state index in [-0.39, 0.29) is 0 Å². The summed E-state index contributed by atoms with van der Waals surface area (Å²) < 4.78 is 2.01. The van der Waals surface area contributed by atoms with Crippen LogP contribution in [-0.2, 0) is 7.05 Å². The molecule has 0 atom stereocenters. The minimum absolute atomic E-state index is 1.12. The molecule has 1 heterocycles. The molecule has 0 fully saturated rings. The minimum Gasteiger partial charge on any atom is -0.338 e. The van der Waals surface area contributed by atoms with Gasteiger partial charge in [0, 0.05) is 12.7 Å². The molecule has 1 aromatic heterocycles. The molecule has 0 saturated carbocycles. The normalized spacial score (nSPS) is 8.45. The van der Waals surface area contributed by atoms with Gasteiger partial charge in [0.25, 0.3) is 0 Å². The summed E-state index contributed by atoms with van der Waals surface area (Å²) in [4.78, 5) is 4.08. The first kappa shape index (κ1) is 24.2. The van der Waals surface area contributed by atoms with E-state index in [1.165, 1.54) is 44.2 Å². The number of aryl methyl sites for hydroxylation is 2. The molecule has 0 N–H and O–H groups in total. The lowest BCUT2D eigenvalue weighted by Crippen LogP contribution is -1.87. The summed E-state index contributed by atoms with van der Waals surface area (Å²) in [7, 11) is 2.00. The van der Waals surface area contributed by atoms with Gasteiger partial charge in [-0.15, -0.1) is 0 Å². The van der Waals surface area contributed by atoms with E-state index in [1.54, 1.807) is 0 Å². The van der Waals surface area contributed by atoms with Gasteiger partial charge in [-0.05, 0) is 13.8 Å². The minimum atomic E-state index is 1.12. The number of hydrogen-bond donors (Lipinski definition) is 0. The van der Waals surface area contributed by atoms with Gasteiger partial charge in [0.1, 0.15) is 0 Å². The first-order valence-corrected chi connectivity index (χ1v) is 8.58. The molecule has 0 aliphatic heterocycles. The Morgan fingerprint density at radius 2 is 1.25 bits per heavy atom. The van der Waals surface area contributed by atoms with Gasteiger partial charge in [0.2, 0.25) is 0 Å². The van der Waals surface area contributed by atoms with Crippen molar-refractivity contribution in [1.29, 1.82) is 0 Å². The first-order chi connectivity index (χ1) is 9.63. The van der Waals surface area contributed by atoms with Crippen molar-refractivity contribution < 1.29 is 0 Å². The molecule has 0 bridgehead atoms. The molecule has 1 aromatic rings. The molecule has 1 rings (SSSR count). The zero-order valence-electron chi connectivity index (χ0n) is 15.7. The van der Waals surface area contributed by atoms with Gasteiger partial charge in [-0.2, -0.15) is 0 Å². The maximum Gasteiger partial charge on any atom is 0.0948 e. The van der Waals surface area contributed by atoms with Crippen LogP contribution in [0.2, 0.25) is 0 Å². The predicted molar refractivity (Wildman–Crippen MR) is 94.4 cm³/mol. The number of aromatic nitrogens is 2. The fourth-order valence-electron chi connectivity index (χ4n) is 1.46. The van der Waals surface area contributed by atoms with Crippen molar-refractivity contribution in [2.24, 2.45) is 7.05 Å². The second kappa shape index (κ2) is 20.5. The van der Waals surface area contributed by atoms with Crippen molar-refractivity contribution in [3.05, 3.63) is 17.7 Å². The highest BCUT2D eigenvalue weighted by Gasteiger charge is 1.93. The van der Waals surface area contributed by atoms with Gasteiger partial charge in [0.05, 0.1) is 12.0 Å². The Kier molecular flexibility index (Phi) is 24.9. The summed E-state index contributed by atoms with van der Waals surface area (Å²) >= 11 is 0. The molecule has 0 amide bonds. The van der Waals surface area contributed by atoms with E-state index < -0.39 is 0 Å². The Balaban J connectivity index is -0.000000231. The molecule has 0 saturated heterocycles. The second-order valence-electron chi connectivity index (χ2n) is 4.44. The molecular formula is C18H40N2. The maximum absolute atomic E-state index is 4.08. The van der Waals surface area contributed by atoms with Crippen molar-refractivity contribution >= 4 is 0 Å². The summed E-state index contributed by atoms with van der Waals surface area (Å²) in [6, 6.07) is 0.